The third kappa shape index (κ3) is 2.01. The van der Waals surface area contributed by atoms with Gasteiger partial charge in [-0.25, -0.2) is 0 Å². The minimum Gasteiger partial charge on any atom is -0.506 e. The maximum atomic E-state index is 11.0. The summed E-state index contributed by atoms with van der Waals surface area (Å²) in [6.45, 7) is 0. The Balaban J connectivity index is 2.07. The number of nitro groups is 1. The molecule has 0 radical (unpaired) electrons. The van der Waals surface area contributed by atoms with Crippen molar-refractivity contribution in [1.29, 1.82) is 0 Å². The predicted octanol–water partition coefficient (Wildman–Crippen LogP) is 3.08. The molecular weight excluding hydrogens is 282 g/mol. The van der Waals surface area contributed by atoms with Gasteiger partial charge in [0.05, 0.1) is 4.92 Å². The molecule has 0 fully saturated rings. The lowest BCUT2D eigenvalue weighted by molar-refractivity contribution is -0.384. The Hall–Kier alpha value is -2.74. The van der Waals surface area contributed by atoms with E-state index in [0.717, 1.165) is 0 Å². The Labute approximate surface area is 116 Å². The van der Waals surface area contributed by atoms with Crippen LogP contribution in [0.3, 0.4) is 0 Å². The van der Waals surface area contributed by atoms with Gasteiger partial charge in [0.15, 0.2) is 0 Å². The van der Waals surface area contributed by atoms with Crippen molar-refractivity contribution in [2.75, 3.05) is 0 Å². The highest BCUT2D eigenvalue weighted by atomic mass is 32.1. The van der Waals surface area contributed by atoms with Crippen molar-refractivity contribution < 1.29 is 14.6 Å². The molecule has 7 nitrogen and oxygen atoms in total. The first-order valence-corrected chi connectivity index (χ1v) is 6.39. The van der Waals surface area contributed by atoms with E-state index in [4.69, 9.17) is 4.52 Å². The van der Waals surface area contributed by atoms with E-state index in [-0.39, 0.29) is 28.7 Å². The van der Waals surface area contributed by atoms with Gasteiger partial charge in [-0.1, -0.05) is 17.3 Å². The predicted molar refractivity (Wildman–Crippen MR) is 71.4 cm³/mol. The molecule has 0 atom stereocenters. The Morgan fingerprint density at radius 2 is 2.10 bits per heavy atom. The molecule has 0 saturated heterocycles. The van der Waals surface area contributed by atoms with Crippen LogP contribution in [-0.4, -0.2) is 20.2 Å². The van der Waals surface area contributed by atoms with E-state index in [0.29, 0.717) is 4.88 Å². The monoisotopic (exact) mass is 289 g/mol. The van der Waals surface area contributed by atoms with Crippen LogP contribution in [0.15, 0.2) is 40.2 Å². The first-order valence-electron chi connectivity index (χ1n) is 5.51. The summed E-state index contributed by atoms with van der Waals surface area (Å²) < 4.78 is 5.05. The van der Waals surface area contributed by atoms with Crippen molar-refractivity contribution in [1.82, 2.24) is 10.1 Å². The number of thiophene rings is 1. The number of rotatable bonds is 3. The van der Waals surface area contributed by atoms with E-state index in [1.165, 1.54) is 23.5 Å². The average molecular weight is 289 g/mol. The second kappa shape index (κ2) is 4.74. The van der Waals surface area contributed by atoms with Crippen molar-refractivity contribution in [3.63, 3.8) is 0 Å². The number of aromatic hydroxyl groups is 1. The summed E-state index contributed by atoms with van der Waals surface area (Å²) in [4.78, 5) is 15.0. The van der Waals surface area contributed by atoms with Crippen LogP contribution in [-0.2, 0) is 0 Å². The van der Waals surface area contributed by atoms with E-state index >= 15 is 0 Å². The highest BCUT2D eigenvalue weighted by Gasteiger charge is 2.21. The third-order valence-electron chi connectivity index (χ3n) is 2.61. The van der Waals surface area contributed by atoms with Crippen LogP contribution in [0.1, 0.15) is 0 Å². The molecule has 0 amide bonds. The number of para-hydroxylation sites is 1. The third-order valence-corrected chi connectivity index (χ3v) is 3.50. The van der Waals surface area contributed by atoms with Gasteiger partial charge in [0.2, 0.25) is 5.82 Å². The lowest BCUT2D eigenvalue weighted by Crippen LogP contribution is -1.92. The van der Waals surface area contributed by atoms with Crippen molar-refractivity contribution in [3.05, 3.63) is 45.8 Å². The molecule has 100 valence electrons. The Morgan fingerprint density at radius 3 is 2.80 bits per heavy atom. The van der Waals surface area contributed by atoms with Gasteiger partial charge < -0.3 is 9.63 Å². The Kier molecular flexibility index (Phi) is 2.92. The molecule has 0 bridgehead atoms. The first-order chi connectivity index (χ1) is 9.66. The summed E-state index contributed by atoms with van der Waals surface area (Å²) in [6, 6.07) is 7.64. The highest BCUT2D eigenvalue weighted by Crippen LogP contribution is 2.35. The van der Waals surface area contributed by atoms with Crippen LogP contribution in [0.5, 0.6) is 5.75 Å². The molecule has 8 heteroatoms. The molecule has 1 aromatic carbocycles. The molecule has 0 aliphatic heterocycles. The maximum absolute atomic E-state index is 11.0. The van der Waals surface area contributed by atoms with Crippen molar-refractivity contribution >= 4 is 17.0 Å². The summed E-state index contributed by atoms with van der Waals surface area (Å²) in [5.41, 5.74) is 0.166. The molecule has 3 rings (SSSR count). The zero-order valence-electron chi connectivity index (χ0n) is 9.89. The molecule has 0 saturated carbocycles. The fourth-order valence-corrected chi connectivity index (χ4v) is 2.42. The van der Waals surface area contributed by atoms with Gasteiger partial charge in [-0.3, -0.25) is 10.1 Å². The number of benzene rings is 1. The molecule has 3 aromatic rings. The van der Waals surface area contributed by atoms with Crippen molar-refractivity contribution in [2.24, 2.45) is 0 Å². The summed E-state index contributed by atoms with van der Waals surface area (Å²) in [5, 5.41) is 26.0. The van der Waals surface area contributed by atoms with E-state index in [9.17, 15) is 15.2 Å². The second-order valence-corrected chi connectivity index (χ2v) is 4.75. The molecule has 0 aliphatic rings. The Morgan fingerprint density at radius 1 is 1.30 bits per heavy atom. The van der Waals surface area contributed by atoms with Crippen LogP contribution in [0.2, 0.25) is 0 Å². The molecule has 0 aliphatic carbocycles. The standard InChI is InChI=1S/C12H7N3O4S/c16-9-5-6-20-10(9)12-13-11(14-19-12)7-3-1-2-4-8(7)15(17)18/h1-6,16H. The van der Waals surface area contributed by atoms with Crippen LogP contribution in [0, 0.1) is 10.1 Å². The average Bonchev–Trinajstić information content (AvgIpc) is 3.07. The SMILES string of the molecule is O=[N+]([O-])c1ccccc1-c1noc(-c2sccc2O)n1. The fraction of sp³-hybridized carbons (Fsp3) is 0. The zero-order valence-corrected chi connectivity index (χ0v) is 10.7. The van der Waals surface area contributed by atoms with E-state index in [1.807, 2.05) is 0 Å². The van der Waals surface area contributed by atoms with Gasteiger partial charge in [-0.2, -0.15) is 4.98 Å². The minimum absolute atomic E-state index is 0.0350. The van der Waals surface area contributed by atoms with E-state index in [2.05, 4.69) is 10.1 Å². The number of hydrogen-bond acceptors (Lipinski definition) is 7. The van der Waals surface area contributed by atoms with E-state index < -0.39 is 4.92 Å². The summed E-state index contributed by atoms with van der Waals surface area (Å²) in [5.74, 6) is 0.276. The van der Waals surface area contributed by atoms with Gasteiger partial charge in [0.25, 0.3) is 11.6 Å². The topological polar surface area (TPSA) is 102 Å². The Bertz CT molecular complexity index is 780. The van der Waals surface area contributed by atoms with Crippen molar-refractivity contribution in [3.8, 4) is 27.9 Å². The number of hydrogen-bond donors (Lipinski definition) is 1. The van der Waals surface area contributed by atoms with Crippen LogP contribution < -0.4 is 0 Å². The van der Waals surface area contributed by atoms with Crippen LogP contribution in [0.25, 0.3) is 22.2 Å². The summed E-state index contributed by atoms with van der Waals surface area (Å²) >= 11 is 1.24. The lowest BCUT2D eigenvalue weighted by atomic mass is 10.2. The van der Waals surface area contributed by atoms with E-state index in [1.54, 1.807) is 23.6 Å². The zero-order chi connectivity index (χ0) is 14.1. The minimum atomic E-state index is -0.506. The van der Waals surface area contributed by atoms with Gasteiger partial charge in [-0.15, -0.1) is 11.3 Å². The molecular formula is C12H7N3O4S. The lowest BCUT2D eigenvalue weighted by Gasteiger charge is -1.96. The quantitative estimate of drug-likeness (QED) is 0.587. The van der Waals surface area contributed by atoms with Crippen LogP contribution >= 0.6 is 11.3 Å². The smallest absolute Gasteiger partial charge is 0.280 e. The van der Waals surface area contributed by atoms with Crippen molar-refractivity contribution in [2.45, 2.75) is 0 Å². The largest absolute Gasteiger partial charge is 0.506 e. The summed E-state index contributed by atoms with van der Waals surface area (Å²) in [7, 11) is 0. The van der Waals surface area contributed by atoms with Gasteiger partial charge in [0, 0.05) is 6.07 Å². The maximum Gasteiger partial charge on any atom is 0.280 e. The number of nitrogens with zero attached hydrogens (tertiary/aromatic N) is 3. The molecule has 0 unspecified atom stereocenters. The highest BCUT2D eigenvalue weighted by molar-refractivity contribution is 7.13. The first kappa shape index (κ1) is 12.3. The molecule has 1 N–H and O–H groups in total. The second-order valence-electron chi connectivity index (χ2n) is 3.83. The van der Waals surface area contributed by atoms with Crippen LogP contribution in [0.4, 0.5) is 5.69 Å². The number of aromatic nitrogens is 2. The molecule has 20 heavy (non-hydrogen) atoms. The summed E-state index contributed by atoms with van der Waals surface area (Å²) in [6.07, 6.45) is 0. The molecule has 2 aromatic heterocycles. The fourth-order valence-electron chi connectivity index (χ4n) is 1.71. The normalized spacial score (nSPS) is 10.6. The van der Waals surface area contributed by atoms with Gasteiger partial charge in [0.1, 0.15) is 16.2 Å². The molecule has 2 heterocycles. The number of nitro benzene ring substituents is 1. The molecule has 0 spiro atoms. The van der Waals surface area contributed by atoms with Gasteiger partial charge in [-0.05, 0) is 17.5 Å². The van der Waals surface area contributed by atoms with Gasteiger partial charge >= 0.3 is 0 Å².